The molecule has 0 N–H and O–H groups in total. The molecular formula is C16H30O5S2. The number of rotatable bonds is 12. The first-order valence-electron chi connectivity index (χ1n) is 7.79. The number of thiol groups is 2. The number of carbonyl (C=O) groups is 2. The molecule has 7 heteroatoms. The van der Waals surface area contributed by atoms with Gasteiger partial charge in [0.25, 0.3) is 0 Å². The molecule has 0 rings (SSSR count). The van der Waals surface area contributed by atoms with Gasteiger partial charge >= 0.3 is 11.9 Å². The van der Waals surface area contributed by atoms with Crippen LogP contribution in [0.2, 0.25) is 0 Å². The molecule has 0 amide bonds. The van der Waals surface area contributed by atoms with Gasteiger partial charge in [-0.15, -0.1) is 0 Å². The highest BCUT2D eigenvalue weighted by atomic mass is 32.1. The lowest BCUT2D eigenvalue weighted by atomic mass is 9.83. The lowest BCUT2D eigenvalue weighted by Crippen LogP contribution is -2.36. The summed E-state index contributed by atoms with van der Waals surface area (Å²) in [5.41, 5.74) is -0.727. The summed E-state index contributed by atoms with van der Waals surface area (Å²) in [5, 5.41) is 0. The van der Waals surface area contributed by atoms with Crippen molar-refractivity contribution in [1.29, 1.82) is 0 Å². The number of hydrogen-bond donors (Lipinski definition) is 2. The fourth-order valence-corrected chi connectivity index (χ4v) is 3.08. The summed E-state index contributed by atoms with van der Waals surface area (Å²) in [6.07, 6.45) is 2.03. The summed E-state index contributed by atoms with van der Waals surface area (Å²) >= 11 is 8.76. The second kappa shape index (κ2) is 11.2. The van der Waals surface area contributed by atoms with E-state index in [4.69, 9.17) is 14.2 Å². The quantitative estimate of drug-likeness (QED) is 0.411. The Morgan fingerprint density at radius 2 is 1.17 bits per heavy atom. The second-order valence-electron chi connectivity index (χ2n) is 6.02. The monoisotopic (exact) mass is 366 g/mol. The SMILES string of the molecule is CCC(CS)(COCC(CC)(CS)CC(=O)OC)CC(=O)OC. The lowest BCUT2D eigenvalue weighted by molar-refractivity contribution is -0.145. The highest BCUT2D eigenvalue weighted by Crippen LogP contribution is 2.33. The Morgan fingerprint density at radius 3 is 1.39 bits per heavy atom. The van der Waals surface area contributed by atoms with E-state index < -0.39 is 0 Å². The van der Waals surface area contributed by atoms with Crippen LogP contribution in [0.4, 0.5) is 0 Å². The number of hydrogen-bond acceptors (Lipinski definition) is 7. The zero-order valence-corrected chi connectivity index (χ0v) is 16.4. The van der Waals surface area contributed by atoms with Gasteiger partial charge in [0.1, 0.15) is 0 Å². The summed E-state index contributed by atoms with van der Waals surface area (Å²) in [5.74, 6) is 0.510. The first-order valence-corrected chi connectivity index (χ1v) is 9.06. The number of carbonyl (C=O) groups excluding carboxylic acids is 2. The second-order valence-corrected chi connectivity index (χ2v) is 6.65. The third kappa shape index (κ3) is 7.35. The maximum atomic E-state index is 11.6. The van der Waals surface area contributed by atoms with E-state index in [0.717, 1.165) is 12.8 Å². The van der Waals surface area contributed by atoms with Gasteiger partial charge in [0.05, 0.1) is 40.3 Å². The van der Waals surface area contributed by atoms with Crippen molar-refractivity contribution in [2.45, 2.75) is 39.5 Å². The molecule has 0 aromatic rings. The average molecular weight is 367 g/mol. The van der Waals surface area contributed by atoms with E-state index in [0.29, 0.717) is 24.7 Å². The van der Waals surface area contributed by atoms with Gasteiger partial charge in [-0.2, -0.15) is 25.3 Å². The van der Waals surface area contributed by atoms with Crippen LogP contribution in [-0.2, 0) is 23.8 Å². The van der Waals surface area contributed by atoms with Gasteiger partial charge < -0.3 is 14.2 Å². The highest BCUT2D eigenvalue weighted by molar-refractivity contribution is 7.80. The van der Waals surface area contributed by atoms with Crippen LogP contribution in [0.1, 0.15) is 39.5 Å². The fourth-order valence-electron chi connectivity index (χ4n) is 2.22. The fraction of sp³-hybridized carbons (Fsp3) is 0.875. The maximum absolute atomic E-state index is 11.6. The van der Waals surface area contributed by atoms with E-state index in [1.807, 2.05) is 13.8 Å². The van der Waals surface area contributed by atoms with Crippen LogP contribution in [0.25, 0.3) is 0 Å². The predicted molar refractivity (Wildman–Crippen MR) is 97.2 cm³/mol. The van der Waals surface area contributed by atoms with Crippen LogP contribution in [0, 0.1) is 10.8 Å². The standard InChI is InChI=1S/C16H30O5S2/c1-5-15(11-22,7-13(17)19-3)9-21-10-16(6-2,12-23)8-14(18)20-4/h22-23H,5-12H2,1-4H3. The van der Waals surface area contributed by atoms with E-state index in [1.54, 1.807) is 0 Å². The zero-order valence-electron chi connectivity index (χ0n) is 14.6. The van der Waals surface area contributed by atoms with Crippen LogP contribution in [0.5, 0.6) is 0 Å². The molecule has 0 aromatic carbocycles. The van der Waals surface area contributed by atoms with Crippen LogP contribution >= 0.6 is 25.3 Å². The molecule has 0 aliphatic heterocycles. The molecule has 0 bridgehead atoms. The largest absolute Gasteiger partial charge is 0.469 e. The smallest absolute Gasteiger partial charge is 0.306 e. The normalized spacial score (nSPS) is 16.3. The van der Waals surface area contributed by atoms with Crippen molar-refractivity contribution in [3.63, 3.8) is 0 Å². The molecule has 0 saturated heterocycles. The molecule has 0 saturated carbocycles. The van der Waals surface area contributed by atoms with Gasteiger partial charge in [-0.25, -0.2) is 0 Å². The van der Waals surface area contributed by atoms with Gasteiger partial charge in [0.15, 0.2) is 0 Å². The number of methoxy groups -OCH3 is 2. The molecular weight excluding hydrogens is 336 g/mol. The minimum atomic E-state index is -0.364. The summed E-state index contributed by atoms with van der Waals surface area (Å²) < 4.78 is 15.4. The van der Waals surface area contributed by atoms with Crippen LogP contribution in [0.3, 0.4) is 0 Å². The third-order valence-corrected chi connectivity index (χ3v) is 5.82. The molecule has 0 fully saturated rings. The molecule has 2 atom stereocenters. The Hall–Kier alpha value is -0.400. The minimum Gasteiger partial charge on any atom is -0.469 e. The molecule has 0 heterocycles. The van der Waals surface area contributed by atoms with Crippen molar-refractivity contribution in [3.05, 3.63) is 0 Å². The summed E-state index contributed by atoms with van der Waals surface area (Å²) in [6.45, 7) is 4.78. The molecule has 136 valence electrons. The molecule has 0 aromatic heterocycles. The Labute approximate surface area is 150 Å². The number of esters is 2. The van der Waals surface area contributed by atoms with Crippen molar-refractivity contribution >= 4 is 37.2 Å². The van der Waals surface area contributed by atoms with Gasteiger partial charge in [-0.3, -0.25) is 9.59 Å². The Kier molecular flexibility index (Phi) is 11.0. The summed E-state index contributed by atoms with van der Waals surface area (Å²) in [4.78, 5) is 23.2. The van der Waals surface area contributed by atoms with Crippen LogP contribution in [0.15, 0.2) is 0 Å². The molecule has 0 spiro atoms. The molecule has 2 unspecified atom stereocenters. The number of ether oxygens (including phenoxy) is 3. The molecule has 0 aliphatic carbocycles. The van der Waals surface area contributed by atoms with E-state index in [1.165, 1.54) is 14.2 Å². The van der Waals surface area contributed by atoms with E-state index in [9.17, 15) is 9.59 Å². The van der Waals surface area contributed by atoms with E-state index >= 15 is 0 Å². The van der Waals surface area contributed by atoms with Gasteiger partial charge in [-0.1, -0.05) is 13.8 Å². The Bertz CT molecular complexity index is 331. The van der Waals surface area contributed by atoms with Crippen LogP contribution < -0.4 is 0 Å². The first-order chi connectivity index (χ1) is 10.9. The third-order valence-electron chi connectivity index (χ3n) is 4.48. The average Bonchev–Trinajstić information content (AvgIpc) is 2.59. The van der Waals surface area contributed by atoms with E-state index in [2.05, 4.69) is 25.3 Å². The molecule has 23 heavy (non-hydrogen) atoms. The zero-order chi connectivity index (χ0) is 17.9. The predicted octanol–water partition coefficient (Wildman–Crippen LogP) is 2.78. The minimum absolute atomic E-state index is 0.264. The summed E-state index contributed by atoms with van der Waals surface area (Å²) in [6, 6.07) is 0. The molecule has 0 aliphatic rings. The van der Waals surface area contributed by atoms with Gasteiger partial charge in [0.2, 0.25) is 0 Å². The van der Waals surface area contributed by atoms with Crippen molar-refractivity contribution in [1.82, 2.24) is 0 Å². The van der Waals surface area contributed by atoms with Crippen molar-refractivity contribution in [2.75, 3.05) is 38.9 Å². The lowest BCUT2D eigenvalue weighted by Gasteiger charge is -2.34. The highest BCUT2D eigenvalue weighted by Gasteiger charge is 2.34. The van der Waals surface area contributed by atoms with Gasteiger partial charge in [0, 0.05) is 10.8 Å². The van der Waals surface area contributed by atoms with Crippen molar-refractivity contribution in [2.24, 2.45) is 10.8 Å². The first kappa shape index (κ1) is 22.6. The Balaban J connectivity index is 4.81. The van der Waals surface area contributed by atoms with Gasteiger partial charge in [-0.05, 0) is 24.3 Å². The van der Waals surface area contributed by atoms with Crippen LogP contribution in [-0.4, -0.2) is 50.9 Å². The maximum Gasteiger partial charge on any atom is 0.306 e. The van der Waals surface area contributed by atoms with Crippen molar-refractivity contribution in [3.8, 4) is 0 Å². The Morgan fingerprint density at radius 1 is 0.826 bits per heavy atom. The molecule has 0 radical (unpaired) electrons. The van der Waals surface area contributed by atoms with E-state index in [-0.39, 0.29) is 35.6 Å². The topological polar surface area (TPSA) is 61.8 Å². The van der Waals surface area contributed by atoms with Crippen molar-refractivity contribution < 1.29 is 23.8 Å². The molecule has 5 nitrogen and oxygen atoms in total. The summed E-state index contributed by atoms with van der Waals surface area (Å²) in [7, 11) is 2.75.